The Kier molecular flexibility index (Phi) is 6.66. The number of amides is 2. The smallest absolute Gasteiger partial charge is 0.356 e. The maximum Gasteiger partial charge on any atom is 0.356 e. The van der Waals surface area contributed by atoms with Crippen molar-refractivity contribution in [2.75, 3.05) is 5.75 Å². The summed E-state index contributed by atoms with van der Waals surface area (Å²) >= 11 is 4.05. The number of hydrogen-bond donors (Lipinski definition) is 1. The lowest BCUT2D eigenvalue weighted by atomic mass is 10.0. The van der Waals surface area contributed by atoms with Gasteiger partial charge < -0.3 is 10.1 Å². The summed E-state index contributed by atoms with van der Waals surface area (Å²) in [6.45, 7) is 0. The van der Waals surface area contributed by atoms with Crippen molar-refractivity contribution in [3.63, 3.8) is 0 Å². The van der Waals surface area contributed by atoms with Crippen LogP contribution in [0.3, 0.4) is 0 Å². The molecular formula is C23H18N4O4S3. The van der Waals surface area contributed by atoms with Gasteiger partial charge in [0, 0.05) is 10.7 Å². The predicted octanol–water partition coefficient (Wildman–Crippen LogP) is 3.20. The van der Waals surface area contributed by atoms with Gasteiger partial charge in [-0.15, -0.1) is 16.9 Å². The highest BCUT2D eigenvalue weighted by Crippen LogP contribution is 2.46. The molecule has 3 aromatic rings. The number of hydrogen-bond acceptors (Lipinski definition) is 9. The van der Waals surface area contributed by atoms with Gasteiger partial charge in [-0.1, -0.05) is 76.9 Å². The molecule has 1 N–H and O–H groups in total. The molecule has 2 aliphatic rings. The molecule has 8 nitrogen and oxygen atoms in total. The van der Waals surface area contributed by atoms with Crippen molar-refractivity contribution in [2.45, 2.75) is 21.7 Å². The highest BCUT2D eigenvalue weighted by Gasteiger charge is 2.54. The Morgan fingerprint density at radius 3 is 2.41 bits per heavy atom. The first-order valence-corrected chi connectivity index (χ1v) is 12.9. The molecule has 0 aliphatic carbocycles. The molecule has 3 heterocycles. The molecule has 0 unspecified atom stereocenters. The molecule has 172 valence electrons. The van der Waals surface area contributed by atoms with Crippen LogP contribution in [0.5, 0.6) is 0 Å². The van der Waals surface area contributed by atoms with Crippen LogP contribution < -0.4 is 5.32 Å². The molecule has 0 spiro atoms. The molecule has 0 bridgehead atoms. The third-order valence-corrected chi connectivity index (χ3v) is 8.66. The Hall–Kier alpha value is -3.15. The van der Waals surface area contributed by atoms with Crippen molar-refractivity contribution in [3.05, 3.63) is 88.6 Å². The van der Waals surface area contributed by atoms with Gasteiger partial charge in [-0.25, -0.2) is 4.79 Å². The molecule has 1 saturated heterocycles. The van der Waals surface area contributed by atoms with E-state index < -0.39 is 18.1 Å². The lowest BCUT2D eigenvalue weighted by Crippen LogP contribution is -2.69. The second-order valence-electron chi connectivity index (χ2n) is 7.39. The van der Waals surface area contributed by atoms with Gasteiger partial charge in [-0.2, -0.15) is 0 Å². The summed E-state index contributed by atoms with van der Waals surface area (Å²) in [5.41, 5.74) is 1.84. The molecular weight excluding hydrogens is 492 g/mol. The molecule has 2 aliphatic heterocycles. The lowest BCUT2D eigenvalue weighted by Gasteiger charge is -2.49. The number of esters is 1. The third kappa shape index (κ3) is 4.33. The Morgan fingerprint density at radius 1 is 1.15 bits per heavy atom. The van der Waals surface area contributed by atoms with E-state index in [1.54, 1.807) is 6.20 Å². The Labute approximate surface area is 207 Å². The fraction of sp³-hybridized carbons (Fsp3) is 0.174. The van der Waals surface area contributed by atoms with E-state index in [2.05, 4.69) is 14.9 Å². The minimum Gasteiger partial charge on any atom is -0.448 e. The zero-order valence-corrected chi connectivity index (χ0v) is 20.0. The summed E-state index contributed by atoms with van der Waals surface area (Å²) in [5.74, 6) is -0.451. The minimum absolute atomic E-state index is 0.202. The fourth-order valence-electron chi connectivity index (χ4n) is 3.82. The van der Waals surface area contributed by atoms with Crippen molar-refractivity contribution < 1.29 is 19.1 Å². The average Bonchev–Trinajstić information content (AvgIpc) is 3.39. The van der Waals surface area contributed by atoms with Crippen LogP contribution >= 0.6 is 35.1 Å². The van der Waals surface area contributed by atoms with Gasteiger partial charge in [-0.05, 0) is 22.7 Å². The number of thioether (sulfide) groups is 2. The first-order valence-electron chi connectivity index (χ1n) is 10.3. The number of nitrogens with zero attached hydrogens (tertiary/aromatic N) is 3. The van der Waals surface area contributed by atoms with Crippen molar-refractivity contribution >= 4 is 53.3 Å². The largest absolute Gasteiger partial charge is 0.448 e. The van der Waals surface area contributed by atoms with Gasteiger partial charge >= 0.3 is 5.97 Å². The summed E-state index contributed by atoms with van der Waals surface area (Å²) in [7, 11) is 0. The number of ether oxygens (including phenoxy) is 1. The molecule has 2 amide bonds. The number of carbonyl (C=O) groups is 3. The number of benzene rings is 2. The highest BCUT2D eigenvalue weighted by molar-refractivity contribution is 8.07. The number of carbonyl (C=O) groups excluding carboxylic acids is 3. The van der Waals surface area contributed by atoms with Crippen LogP contribution in [-0.2, 0) is 19.1 Å². The summed E-state index contributed by atoms with van der Waals surface area (Å²) < 4.78 is 10.8. The Morgan fingerprint density at radius 2 is 1.82 bits per heavy atom. The van der Waals surface area contributed by atoms with Gasteiger partial charge in [0.15, 0.2) is 6.10 Å². The van der Waals surface area contributed by atoms with Crippen molar-refractivity contribution in [2.24, 2.45) is 0 Å². The number of nitrogens with one attached hydrogen (secondary N) is 1. The van der Waals surface area contributed by atoms with Crippen LogP contribution in [0.1, 0.15) is 17.2 Å². The van der Waals surface area contributed by atoms with E-state index in [1.165, 1.54) is 40.0 Å². The van der Waals surface area contributed by atoms with E-state index in [9.17, 15) is 14.4 Å². The van der Waals surface area contributed by atoms with E-state index in [4.69, 9.17) is 4.74 Å². The van der Waals surface area contributed by atoms with E-state index in [-0.39, 0.29) is 17.0 Å². The summed E-state index contributed by atoms with van der Waals surface area (Å²) in [4.78, 5) is 39.7. The quantitative estimate of drug-likeness (QED) is 0.280. The summed E-state index contributed by atoms with van der Waals surface area (Å²) in [6, 6.07) is 18.3. The van der Waals surface area contributed by atoms with Crippen molar-refractivity contribution in [1.82, 2.24) is 19.8 Å². The topological polar surface area (TPSA) is 101 Å². The monoisotopic (exact) mass is 510 g/mol. The Balaban J connectivity index is 1.50. The van der Waals surface area contributed by atoms with Crippen LogP contribution in [0.4, 0.5) is 0 Å². The minimum atomic E-state index is -0.666. The zero-order valence-electron chi connectivity index (χ0n) is 17.6. The molecule has 34 heavy (non-hydrogen) atoms. The van der Waals surface area contributed by atoms with Gasteiger partial charge in [-0.3, -0.25) is 14.5 Å². The lowest BCUT2D eigenvalue weighted by molar-refractivity contribution is -0.154. The van der Waals surface area contributed by atoms with Crippen molar-refractivity contribution in [3.8, 4) is 0 Å². The number of aromatic nitrogens is 2. The molecule has 1 aromatic heterocycles. The maximum absolute atomic E-state index is 13.7. The van der Waals surface area contributed by atoms with Crippen molar-refractivity contribution in [1.29, 1.82) is 0 Å². The average molecular weight is 511 g/mol. The molecule has 1 fully saturated rings. The third-order valence-electron chi connectivity index (χ3n) is 5.37. The number of rotatable bonds is 8. The molecule has 11 heteroatoms. The highest BCUT2D eigenvalue weighted by atomic mass is 32.2. The van der Waals surface area contributed by atoms with Gasteiger partial charge in [0.1, 0.15) is 21.3 Å². The van der Waals surface area contributed by atoms with E-state index in [0.29, 0.717) is 17.1 Å². The van der Waals surface area contributed by atoms with Gasteiger partial charge in [0.05, 0.1) is 6.20 Å². The maximum atomic E-state index is 13.7. The zero-order chi connectivity index (χ0) is 23.5. The second-order valence-corrected chi connectivity index (χ2v) is 10.7. The Bertz CT molecular complexity index is 1180. The van der Waals surface area contributed by atoms with Crippen LogP contribution in [-0.4, -0.2) is 49.9 Å². The molecule has 2 atom stereocenters. The number of fused-ring (bicyclic) bond motifs is 1. The first-order chi connectivity index (χ1) is 16.7. The van der Waals surface area contributed by atoms with E-state index >= 15 is 0 Å². The second kappa shape index (κ2) is 10.00. The molecule has 5 rings (SSSR count). The van der Waals surface area contributed by atoms with Crippen LogP contribution in [0.25, 0.3) is 0 Å². The van der Waals surface area contributed by atoms with Gasteiger partial charge in [0.2, 0.25) is 6.41 Å². The van der Waals surface area contributed by atoms with Gasteiger partial charge in [0.25, 0.3) is 5.91 Å². The summed E-state index contributed by atoms with van der Waals surface area (Å²) in [6.07, 6.45) is 1.48. The van der Waals surface area contributed by atoms with Crippen LogP contribution in [0.2, 0.25) is 0 Å². The predicted molar refractivity (Wildman–Crippen MR) is 130 cm³/mol. The van der Waals surface area contributed by atoms with E-state index in [1.807, 2.05) is 60.7 Å². The molecule has 0 radical (unpaired) electrons. The summed E-state index contributed by atoms with van der Waals surface area (Å²) in [5, 5.41) is 6.04. The molecule has 0 saturated carbocycles. The normalized spacial score (nSPS) is 19.4. The fourth-order valence-corrected chi connectivity index (χ4v) is 6.91. The van der Waals surface area contributed by atoms with Crippen LogP contribution in [0.15, 0.2) is 81.7 Å². The molecule has 2 aromatic carbocycles. The van der Waals surface area contributed by atoms with Crippen LogP contribution in [0, 0.1) is 0 Å². The number of β-lactam (4-membered cyclic amide) rings is 1. The van der Waals surface area contributed by atoms with E-state index in [0.717, 1.165) is 15.3 Å². The standard InChI is InChI=1S/C23H18N4O4S3/c28-13-24-18-21(29)27-19(16(12-32-22(18)27)33-17-11-25-26-34-17)23(30)31-20(14-7-3-1-4-8-14)15-9-5-2-6-10-15/h1-11,13,18,20,22H,12H2,(H,24,28)/t18-,22-/m1/s1. The SMILES string of the molecule is O=CN[C@@H]1C(=O)N2C(C(=O)OC(c3ccccc3)c3ccccc3)=C(Sc3cnns3)CS[C@H]12. The first kappa shape index (κ1) is 22.6.